The Hall–Kier alpha value is -1.97. The zero-order valence-corrected chi connectivity index (χ0v) is 28.2. The van der Waals surface area contributed by atoms with Crippen molar-refractivity contribution in [3.8, 4) is 0 Å². The van der Waals surface area contributed by atoms with Crippen LogP contribution in [0.25, 0.3) is 0 Å². The minimum Gasteiger partial charge on any atom is -0.458 e. The maximum Gasteiger partial charge on any atom is 0.338 e. The molecule has 1 aromatic carbocycles. The molecule has 236 valence electrons. The summed E-state index contributed by atoms with van der Waals surface area (Å²) in [6.45, 7) is 19.4. The van der Waals surface area contributed by atoms with Gasteiger partial charge in [0.1, 0.15) is 6.10 Å². The van der Waals surface area contributed by atoms with Crippen molar-refractivity contribution in [3.05, 3.63) is 35.4 Å². The van der Waals surface area contributed by atoms with Crippen molar-refractivity contribution in [2.24, 2.45) is 45.8 Å². The summed E-state index contributed by atoms with van der Waals surface area (Å²) in [4.78, 5) is 13.2. The highest BCUT2D eigenvalue weighted by atomic mass is 16.5. The van der Waals surface area contributed by atoms with Crippen LogP contribution in [0.4, 0.5) is 11.4 Å². The van der Waals surface area contributed by atoms with Crippen molar-refractivity contribution in [1.29, 1.82) is 0 Å². The van der Waals surface area contributed by atoms with E-state index in [0.717, 1.165) is 36.5 Å². The first-order valence-corrected chi connectivity index (χ1v) is 17.2. The number of nitrogen functional groups attached to an aromatic ring is 2. The first-order chi connectivity index (χ1) is 19.7. The zero-order chi connectivity index (χ0) is 30.9. The smallest absolute Gasteiger partial charge is 0.338 e. The Labute approximate surface area is 257 Å². The minimum atomic E-state index is -0.298. The predicted octanol–water partition coefficient (Wildman–Crippen LogP) is 10.2. The SMILES string of the molecule is CCC1CCC2C(C)(C)C(OC(=O)c3cc(N)cc(N)c3)CCC2(C)C1CCC1(C)CCCC1C(C)CCC=C(C)C. The van der Waals surface area contributed by atoms with E-state index < -0.39 is 0 Å². The Kier molecular flexibility index (Phi) is 10.2. The second kappa shape index (κ2) is 12.9. The number of rotatable bonds is 10. The first-order valence-electron chi connectivity index (χ1n) is 17.2. The molecule has 0 bridgehead atoms. The van der Waals surface area contributed by atoms with Crippen molar-refractivity contribution in [2.45, 2.75) is 139 Å². The molecule has 4 heteroatoms. The van der Waals surface area contributed by atoms with Gasteiger partial charge in [0.25, 0.3) is 0 Å². The van der Waals surface area contributed by atoms with Crippen molar-refractivity contribution in [3.63, 3.8) is 0 Å². The molecule has 0 spiro atoms. The highest BCUT2D eigenvalue weighted by Gasteiger charge is 2.58. The van der Waals surface area contributed by atoms with Crippen LogP contribution >= 0.6 is 0 Å². The van der Waals surface area contributed by atoms with Crippen LogP contribution < -0.4 is 11.5 Å². The molecule has 3 saturated carbocycles. The van der Waals surface area contributed by atoms with Crippen LogP contribution in [0.1, 0.15) is 143 Å². The molecule has 8 unspecified atom stereocenters. The van der Waals surface area contributed by atoms with Gasteiger partial charge in [-0.2, -0.15) is 0 Å². The lowest BCUT2D eigenvalue weighted by Crippen LogP contribution is -2.57. The van der Waals surface area contributed by atoms with E-state index in [-0.39, 0.29) is 22.9 Å². The average Bonchev–Trinajstić information content (AvgIpc) is 3.29. The van der Waals surface area contributed by atoms with Crippen LogP contribution in [0, 0.1) is 45.8 Å². The fraction of sp³-hybridized carbons (Fsp3) is 0.763. The Morgan fingerprint density at radius 3 is 2.36 bits per heavy atom. The number of nitrogens with two attached hydrogens (primary N) is 2. The van der Waals surface area contributed by atoms with Gasteiger partial charge in [-0.05, 0) is 137 Å². The fourth-order valence-electron chi connectivity index (χ4n) is 10.4. The van der Waals surface area contributed by atoms with E-state index >= 15 is 0 Å². The number of esters is 1. The van der Waals surface area contributed by atoms with Crippen LogP contribution in [0.2, 0.25) is 0 Å². The average molecular weight is 579 g/mol. The molecule has 3 aliphatic carbocycles. The summed E-state index contributed by atoms with van der Waals surface area (Å²) in [6, 6.07) is 5.04. The number of carbonyl (C=O) groups is 1. The molecule has 0 amide bonds. The van der Waals surface area contributed by atoms with Crippen LogP contribution in [0.15, 0.2) is 29.8 Å². The Bertz CT molecular complexity index is 1100. The van der Waals surface area contributed by atoms with Gasteiger partial charge in [0, 0.05) is 16.8 Å². The Balaban J connectivity index is 1.48. The highest BCUT2D eigenvalue weighted by Crippen LogP contribution is 2.64. The van der Waals surface area contributed by atoms with Crippen LogP contribution in [-0.2, 0) is 4.74 Å². The molecule has 0 aromatic heterocycles. The Morgan fingerprint density at radius 2 is 1.71 bits per heavy atom. The number of carbonyl (C=O) groups excluding carboxylic acids is 1. The molecule has 3 fully saturated rings. The lowest BCUT2D eigenvalue weighted by Gasteiger charge is -2.61. The van der Waals surface area contributed by atoms with Gasteiger partial charge in [0.2, 0.25) is 0 Å². The topological polar surface area (TPSA) is 78.3 Å². The van der Waals surface area contributed by atoms with Crippen LogP contribution in [0.3, 0.4) is 0 Å². The molecule has 42 heavy (non-hydrogen) atoms. The lowest BCUT2D eigenvalue weighted by molar-refractivity contribution is -0.156. The van der Waals surface area contributed by atoms with Crippen molar-refractivity contribution >= 4 is 17.3 Å². The molecule has 4 nitrogen and oxygen atoms in total. The molecule has 3 aliphatic rings. The molecule has 0 heterocycles. The summed E-state index contributed by atoms with van der Waals surface area (Å²) in [5, 5.41) is 0. The van der Waals surface area contributed by atoms with Gasteiger partial charge < -0.3 is 16.2 Å². The van der Waals surface area contributed by atoms with E-state index in [9.17, 15) is 4.79 Å². The number of fused-ring (bicyclic) bond motifs is 1. The van der Waals surface area contributed by atoms with Gasteiger partial charge in [-0.15, -0.1) is 0 Å². The third-order valence-electron chi connectivity index (χ3n) is 12.7. The third-order valence-corrected chi connectivity index (χ3v) is 12.7. The van der Waals surface area contributed by atoms with E-state index in [2.05, 4.69) is 61.5 Å². The third kappa shape index (κ3) is 6.73. The molecule has 0 aliphatic heterocycles. The number of anilines is 2. The van der Waals surface area contributed by atoms with E-state index in [1.165, 1.54) is 69.8 Å². The second-order valence-corrected chi connectivity index (χ2v) is 16.1. The number of hydrogen-bond acceptors (Lipinski definition) is 4. The van der Waals surface area contributed by atoms with Crippen LogP contribution in [0.5, 0.6) is 0 Å². The van der Waals surface area contributed by atoms with E-state index in [4.69, 9.17) is 16.2 Å². The molecule has 0 saturated heterocycles. The first kappa shape index (κ1) is 32.9. The van der Waals surface area contributed by atoms with Gasteiger partial charge in [0.15, 0.2) is 0 Å². The zero-order valence-electron chi connectivity index (χ0n) is 28.2. The van der Waals surface area contributed by atoms with Gasteiger partial charge in [-0.25, -0.2) is 4.79 Å². The minimum absolute atomic E-state index is 0.0786. The molecular formula is C38H62N2O2. The second-order valence-electron chi connectivity index (χ2n) is 16.1. The van der Waals surface area contributed by atoms with E-state index in [1.54, 1.807) is 18.2 Å². The van der Waals surface area contributed by atoms with Crippen molar-refractivity contribution in [2.75, 3.05) is 11.5 Å². The molecule has 8 atom stereocenters. The summed E-state index contributed by atoms with van der Waals surface area (Å²) < 4.78 is 6.28. The van der Waals surface area contributed by atoms with Crippen molar-refractivity contribution < 1.29 is 9.53 Å². The summed E-state index contributed by atoms with van der Waals surface area (Å²) >= 11 is 0. The maximum atomic E-state index is 13.2. The summed E-state index contributed by atoms with van der Waals surface area (Å²) in [7, 11) is 0. The number of benzene rings is 1. The normalized spacial score (nSPS) is 34.8. The van der Waals surface area contributed by atoms with Gasteiger partial charge in [0.05, 0.1) is 5.56 Å². The van der Waals surface area contributed by atoms with Gasteiger partial charge in [-0.3, -0.25) is 0 Å². The van der Waals surface area contributed by atoms with Crippen molar-refractivity contribution in [1.82, 2.24) is 0 Å². The van der Waals surface area contributed by atoms with Gasteiger partial charge in [-0.1, -0.05) is 66.0 Å². The van der Waals surface area contributed by atoms with E-state index in [1.807, 2.05) is 0 Å². The number of allylic oxidation sites excluding steroid dienone is 2. The summed E-state index contributed by atoms with van der Waals surface area (Å²) in [6.07, 6.45) is 17.7. The summed E-state index contributed by atoms with van der Waals surface area (Å²) in [5.74, 6) is 3.44. The standard InChI is InChI=1S/C38H62N2O2/c1-9-27-15-16-33-36(5,6)34(42-35(41)28-22-29(39)24-30(40)23-28)18-21-38(33,8)32(27)17-20-37(7)19-11-14-31(37)26(4)13-10-12-25(2)3/h12,22-24,26-27,31-34H,9-11,13-21,39-40H2,1-8H3. The van der Waals surface area contributed by atoms with Gasteiger partial charge >= 0.3 is 5.97 Å². The van der Waals surface area contributed by atoms with E-state index in [0.29, 0.717) is 28.3 Å². The summed E-state index contributed by atoms with van der Waals surface area (Å²) in [5.41, 5.74) is 15.5. The molecule has 4 N–H and O–H groups in total. The maximum absolute atomic E-state index is 13.2. The van der Waals surface area contributed by atoms with Crippen LogP contribution in [-0.4, -0.2) is 12.1 Å². The molecule has 4 rings (SSSR count). The number of hydrogen-bond donors (Lipinski definition) is 2. The Morgan fingerprint density at radius 1 is 1.02 bits per heavy atom. The molecule has 0 radical (unpaired) electrons. The monoisotopic (exact) mass is 578 g/mol. The molecular weight excluding hydrogens is 516 g/mol. The molecule has 1 aromatic rings. The highest BCUT2D eigenvalue weighted by molar-refractivity contribution is 5.91. The quantitative estimate of drug-likeness (QED) is 0.164. The lowest BCUT2D eigenvalue weighted by atomic mass is 9.44. The fourth-order valence-corrected chi connectivity index (χ4v) is 10.4. The largest absolute Gasteiger partial charge is 0.458 e. The number of ether oxygens (including phenoxy) is 1. The predicted molar refractivity (Wildman–Crippen MR) is 178 cm³/mol.